The van der Waals surface area contributed by atoms with E-state index in [4.69, 9.17) is 0 Å². The Bertz CT molecular complexity index is 731. The Hall–Kier alpha value is -2.32. The van der Waals surface area contributed by atoms with Crippen LogP contribution >= 0.6 is 11.8 Å². The monoisotopic (exact) mass is 374 g/mol. The standard InChI is InChI=1S/C25H26OS/c1-21(26)13-11-12-20-27-25(22-14-5-2-6-15-22,23-16-7-3-8-17-23)24-18-9-4-10-19-24/h2-10,14-19H,11-13,20H2,1H3. The first-order chi connectivity index (χ1) is 13.2. The van der Waals surface area contributed by atoms with Gasteiger partial charge in [0.05, 0.1) is 4.75 Å². The van der Waals surface area contributed by atoms with Gasteiger partial charge in [-0.05, 0) is 42.2 Å². The molecule has 0 spiro atoms. The highest BCUT2D eigenvalue weighted by Gasteiger charge is 2.36. The molecule has 0 saturated heterocycles. The van der Waals surface area contributed by atoms with E-state index in [1.54, 1.807) is 6.92 Å². The Morgan fingerprint density at radius 3 is 1.48 bits per heavy atom. The van der Waals surface area contributed by atoms with E-state index in [2.05, 4.69) is 91.0 Å². The summed E-state index contributed by atoms with van der Waals surface area (Å²) in [5.74, 6) is 1.28. The topological polar surface area (TPSA) is 17.1 Å². The Kier molecular flexibility index (Phi) is 6.89. The van der Waals surface area contributed by atoms with Crippen molar-refractivity contribution in [1.82, 2.24) is 0 Å². The second kappa shape index (κ2) is 9.57. The molecule has 1 nitrogen and oxygen atoms in total. The fraction of sp³-hybridized carbons (Fsp3) is 0.240. The van der Waals surface area contributed by atoms with Crippen molar-refractivity contribution in [2.45, 2.75) is 30.9 Å². The lowest BCUT2D eigenvalue weighted by molar-refractivity contribution is -0.117. The van der Waals surface area contributed by atoms with Crippen LogP contribution in [-0.4, -0.2) is 11.5 Å². The molecule has 3 aromatic rings. The molecular weight excluding hydrogens is 348 g/mol. The minimum Gasteiger partial charge on any atom is -0.300 e. The lowest BCUT2D eigenvalue weighted by Crippen LogP contribution is -2.26. The van der Waals surface area contributed by atoms with Crippen molar-refractivity contribution in [3.8, 4) is 0 Å². The van der Waals surface area contributed by atoms with Crippen LogP contribution in [0.1, 0.15) is 42.9 Å². The molecule has 0 aromatic heterocycles. The molecule has 0 atom stereocenters. The zero-order valence-electron chi connectivity index (χ0n) is 15.8. The van der Waals surface area contributed by atoms with Gasteiger partial charge in [-0.1, -0.05) is 91.0 Å². The van der Waals surface area contributed by atoms with Crippen LogP contribution in [-0.2, 0) is 9.54 Å². The predicted octanol–water partition coefficient (Wildman–Crippen LogP) is 6.47. The lowest BCUT2D eigenvalue weighted by atomic mass is 9.84. The van der Waals surface area contributed by atoms with Crippen LogP contribution in [0.3, 0.4) is 0 Å². The maximum Gasteiger partial charge on any atom is 0.129 e. The van der Waals surface area contributed by atoms with Crippen molar-refractivity contribution in [3.63, 3.8) is 0 Å². The number of thioether (sulfide) groups is 1. The molecule has 0 fully saturated rings. The number of rotatable bonds is 9. The summed E-state index contributed by atoms with van der Waals surface area (Å²) in [6, 6.07) is 32.3. The highest BCUT2D eigenvalue weighted by atomic mass is 32.2. The van der Waals surface area contributed by atoms with Crippen LogP contribution in [0.15, 0.2) is 91.0 Å². The average Bonchev–Trinajstić information content (AvgIpc) is 2.73. The first kappa shape index (κ1) is 19.4. The van der Waals surface area contributed by atoms with E-state index in [-0.39, 0.29) is 10.5 Å². The summed E-state index contributed by atoms with van der Waals surface area (Å²) in [5.41, 5.74) is 3.87. The molecule has 0 heterocycles. The minimum absolute atomic E-state index is 0.250. The van der Waals surface area contributed by atoms with Crippen LogP contribution in [0.5, 0.6) is 0 Å². The van der Waals surface area contributed by atoms with Gasteiger partial charge in [-0.3, -0.25) is 0 Å². The molecule has 0 aliphatic heterocycles. The third-order valence-electron chi connectivity index (χ3n) is 4.78. The zero-order valence-corrected chi connectivity index (χ0v) is 16.6. The van der Waals surface area contributed by atoms with E-state index < -0.39 is 0 Å². The van der Waals surface area contributed by atoms with Crippen LogP contribution in [0.25, 0.3) is 0 Å². The van der Waals surface area contributed by atoms with E-state index in [9.17, 15) is 4.79 Å². The molecule has 0 bridgehead atoms. The highest BCUT2D eigenvalue weighted by Crippen LogP contribution is 2.48. The molecule has 0 saturated carbocycles. The van der Waals surface area contributed by atoms with Crippen LogP contribution in [0.4, 0.5) is 0 Å². The van der Waals surface area contributed by atoms with Gasteiger partial charge in [-0.15, -0.1) is 11.8 Å². The van der Waals surface area contributed by atoms with Gasteiger partial charge in [0.1, 0.15) is 5.78 Å². The van der Waals surface area contributed by atoms with Crippen molar-refractivity contribution in [1.29, 1.82) is 0 Å². The van der Waals surface area contributed by atoms with Crippen LogP contribution in [0, 0.1) is 0 Å². The fourth-order valence-electron chi connectivity index (χ4n) is 3.47. The molecule has 0 N–H and O–H groups in total. The molecule has 27 heavy (non-hydrogen) atoms. The summed E-state index contributed by atoms with van der Waals surface area (Å²) in [5, 5.41) is 0. The summed E-state index contributed by atoms with van der Waals surface area (Å²) < 4.78 is -0.250. The van der Waals surface area contributed by atoms with E-state index in [0.717, 1.165) is 18.6 Å². The SMILES string of the molecule is CC(=O)CCCCSC(c1ccccc1)(c1ccccc1)c1ccccc1. The van der Waals surface area contributed by atoms with Crippen molar-refractivity contribution < 1.29 is 4.79 Å². The largest absolute Gasteiger partial charge is 0.300 e. The Labute approximate surface area is 166 Å². The Morgan fingerprint density at radius 1 is 0.704 bits per heavy atom. The average molecular weight is 375 g/mol. The van der Waals surface area contributed by atoms with Gasteiger partial charge < -0.3 is 4.79 Å². The van der Waals surface area contributed by atoms with Gasteiger partial charge in [0.25, 0.3) is 0 Å². The van der Waals surface area contributed by atoms with E-state index >= 15 is 0 Å². The quantitative estimate of drug-likeness (QED) is 0.315. The molecular formula is C25H26OS. The van der Waals surface area contributed by atoms with Gasteiger partial charge in [0.2, 0.25) is 0 Å². The molecule has 0 radical (unpaired) electrons. The third-order valence-corrected chi connectivity index (χ3v) is 6.42. The van der Waals surface area contributed by atoms with Gasteiger partial charge >= 0.3 is 0 Å². The number of benzene rings is 3. The number of carbonyl (C=O) groups excluding carboxylic acids is 1. The number of unbranched alkanes of at least 4 members (excludes halogenated alkanes) is 1. The van der Waals surface area contributed by atoms with Gasteiger partial charge in [-0.25, -0.2) is 0 Å². The maximum absolute atomic E-state index is 11.3. The van der Waals surface area contributed by atoms with Gasteiger partial charge in [0.15, 0.2) is 0 Å². The Balaban J connectivity index is 2.02. The van der Waals surface area contributed by atoms with E-state index in [0.29, 0.717) is 6.42 Å². The lowest BCUT2D eigenvalue weighted by Gasteiger charge is -2.35. The molecule has 0 aliphatic carbocycles. The number of carbonyl (C=O) groups is 1. The van der Waals surface area contributed by atoms with Crippen molar-refractivity contribution in [2.75, 3.05) is 5.75 Å². The van der Waals surface area contributed by atoms with Gasteiger partial charge in [0, 0.05) is 6.42 Å². The first-order valence-electron chi connectivity index (χ1n) is 9.53. The number of hydrogen-bond acceptors (Lipinski definition) is 2. The van der Waals surface area contributed by atoms with E-state index in [1.807, 2.05) is 11.8 Å². The molecule has 2 heteroatoms. The molecule has 0 amide bonds. The fourth-order valence-corrected chi connectivity index (χ4v) is 5.03. The van der Waals surface area contributed by atoms with Crippen molar-refractivity contribution >= 4 is 17.5 Å². The molecule has 0 aliphatic rings. The zero-order chi connectivity index (χ0) is 19.0. The minimum atomic E-state index is -0.250. The van der Waals surface area contributed by atoms with Crippen molar-refractivity contribution in [3.05, 3.63) is 108 Å². The third kappa shape index (κ3) is 4.70. The normalized spacial score (nSPS) is 11.3. The predicted molar refractivity (Wildman–Crippen MR) is 116 cm³/mol. The summed E-state index contributed by atoms with van der Waals surface area (Å²) in [4.78, 5) is 11.3. The Morgan fingerprint density at radius 2 is 1.11 bits per heavy atom. The van der Waals surface area contributed by atoms with E-state index in [1.165, 1.54) is 16.7 Å². The second-order valence-corrected chi connectivity index (χ2v) is 8.10. The summed E-state index contributed by atoms with van der Waals surface area (Å²) >= 11 is 1.97. The number of hydrogen-bond donors (Lipinski definition) is 0. The second-order valence-electron chi connectivity index (χ2n) is 6.79. The van der Waals surface area contributed by atoms with Crippen LogP contribution < -0.4 is 0 Å². The molecule has 3 aromatic carbocycles. The molecule has 0 unspecified atom stereocenters. The first-order valence-corrected chi connectivity index (χ1v) is 10.5. The highest BCUT2D eigenvalue weighted by molar-refractivity contribution is 8.00. The summed E-state index contributed by atoms with van der Waals surface area (Å²) in [6.07, 6.45) is 2.67. The summed E-state index contributed by atoms with van der Waals surface area (Å²) in [6.45, 7) is 1.68. The summed E-state index contributed by atoms with van der Waals surface area (Å²) in [7, 11) is 0. The maximum atomic E-state index is 11.3. The van der Waals surface area contributed by atoms with Crippen LogP contribution in [0.2, 0.25) is 0 Å². The smallest absolute Gasteiger partial charge is 0.129 e. The van der Waals surface area contributed by atoms with Gasteiger partial charge in [-0.2, -0.15) is 0 Å². The molecule has 3 rings (SSSR count). The van der Waals surface area contributed by atoms with Crippen molar-refractivity contribution in [2.24, 2.45) is 0 Å². The molecule has 138 valence electrons. The number of Topliss-reactive ketones (excluding diaryl/α,β-unsaturated/α-hetero) is 1. The number of ketones is 1.